The summed E-state index contributed by atoms with van der Waals surface area (Å²) in [5.41, 5.74) is 0.992. The SMILES string of the molecule is NS(=O)(=O)c1ccc(CNC(=O)c2cc(CN(CC(=O)[O-])CC(=O)[O-])cc(CN(CC(=O)[O-])CC(=O)[O-])c2)cc1. The van der Waals surface area contributed by atoms with Gasteiger partial charge in [0, 0.05) is 51.4 Å². The molecule has 0 atom stereocenters. The number of nitrogens with zero attached hydrogens (tertiary/aromatic N) is 2. The number of hydrogen-bond donors (Lipinski definition) is 2. The Kier molecular flexibility index (Phi) is 11.2. The van der Waals surface area contributed by atoms with E-state index in [1.54, 1.807) is 0 Å². The van der Waals surface area contributed by atoms with Gasteiger partial charge in [0.1, 0.15) is 0 Å². The summed E-state index contributed by atoms with van der Waals surface area (Å²) in [6, 6.07) is 9.45. The molecule has 0 bridgehead atoms. The molecule has 16 heteroatoms. The van der Waals surface area contributed by atoms with E-state index in [1.165, 1.54) is 42.5 Å². The number of carboxylic acid groups (broad SMARTS) is 4. The highest BCUT2D eigenvalue weighted by Gasteiger charge is 2.15. The highest BCUT2D eigenvalue weighted by molar-refractivity contribution is 7.89. The monoisotopic (exact) mass is 576 g/mol. The van der Waals surface area contributed by atoms with Crippen molar-refractivity contribution in [3.63, 3.8) is 0 Å². The van der Waals surface area contributed by atoms with Crippen LogP contribution in [0, 0.1) is 0 Å². The Morgan fingerprint density at radius 2 is 1.07 bits per heavy atom. The molecule has 2 aromatic carbocycles. The number of nitrogens with two attached hydrogens (primary N) is 1. The van der Waals surface area contributed by atoms with Crippen LogP contribution < -0.4 is 30.9 Å². The van der Waals surface area contributed by atoms with Crippen LogP contribution in [-0.2, 0) is 48.8 Å². The molecule has 0 aromatic heterocycles. The fourth-order valence-corrected chi connectivity index (χ4v) is 4.26. The molecule has 0 saturated heterocycles. The number of sulfonamides is 1. The maximum atomic E-state index is 13.0. The third-order valence-electron chi connectivity index (χ3n) is 5.24. The molecule has 2 rings (SSSR count). The van der Waals surface area contributed by atoms with Crippen molar-refractivity contribution in [1.82, 2.24) is 15.1 Å². The Morgan fingerprint density at radius 1 is 0.675 bits per heavy atom. The third kappa shape index (κ3) is 11.2. The van der Waals surface area contributed by atoms with Crippen LogP contribution >= 0.6 is 0 Å². The van der Waals surface area contributed by atoms with Crippen LogP contribution in [0.5, 0.6) is 0 Å². The minimum absolute atomic E-state index is 0.00245. The average molecular weight is 577 g/mol. The Morgan fingerprint density at radius 3 is 1.43 bits per heavy atom. The zero-order chi connectivity index (χ0) is 30.0. The molecular formula is C24H24N4O11S-4. The first kappa shape index (κ1) is 31.8. The van der Waals surface area contributed by atoms with Gasteiger partial charge in [0.15, 0.2) is 0 Å². The number of nitrogens with one attached hydrogen (secondary N) is 1. The number of amides is 1. The molecule has 0 spiro atoms. The van der Waals surface area contributed by atoms with Crippen molar-refractivity contribution in [3.8, 4) is 0 Å². The lowest BCUT2D eigenvalue weighted by atomic mass is 10.0. The predicted molar refractivity (Wildman–Crippen MR) is 126 cm³/mol. The Labute approximate surface area is 228 Å². The van der Waals surface area contributed by atoms with E-state index in [-0.39, 0.29) is 41.2 Å². The molecule has 0 unspecified atom stereocenters. The van der Waals surface area contributed by atoms with Crippen molar-refractivity contribution >= 4 is 39.8 Å². The minimum Gasteiger partial charge on any atom is -0.549 e. The topological polar surface area (TPSA) is 256 Å². The molecule has 0 saturated carbocycles. The van der Waals surface area contributed by atoms with E-state index >= 15 is 0 Å². The highest BCUT2D eigenvalue weighted by atomic mass is 32.2. The van der Waals surface area contributed by atoms with E-state index in [2.05, 4.69) is 5.32 Å². The largest absolute Gasteiger partial charge is 0.549 e. The second-order valence-electron chi connectivity index (χ2n) is 8.69. The fraction of sp³-hybridized carbons (Fsp3) is 0.292. The number of hydrogen-bond acceptors (Lipinski definition) is 13. The zero-order valence-electron chi connectivity index (χ0n) is 20.9. The summed E-state index contributed by atoms with van der Waals surface area (Å²) >= 11 is 0. The van der Waals surface area contributed by atoms with E-state index in [0.717, 1.165) is 9.80 Å². The number of primary sulfonamides is 1. The van der Waals surface area contributed by atoms with Gasteiger partial charge in [0.2, 0.25) is 10.0 Å². The van der Waals surface area contributed by atoms with Gasteiger partial charge in [-0.3, -0.25) is 14.6 Å². The van der Waals surface area contributed by atoms with Crippen molar-refractivity contribution < 1.29 is 52.8 Å². The van der Waals surface area contributed by atoms with Gasteiger partial charge < -0.3 is 44.9 Å². The predicted octanol–water partition coefficient (Wildman–Crippen LogP) is -6.13. The fourth-order valence-electron chi connectivity index (χ4n) is 3.74. The molecule has 2 aromatic rings. The van der Waals surface area contributed by atoms with Crippen molar-refractivity contribution in [2.24, 2.45) is 5.14 Å². The van der Waals surface area contributed by atoms with Crippen LogP contribution in [0.3, 0.4) is 0 Å². The van der Waals surface area contributed by atoms with E-state index in [4.69, 9.17) is 5.14 Å². The summed E-state index contributed by atoms with van der Waals surface area (Å²) in [5, 5.41) is 51.9. The summed E-state index contributed by atoms with van der Waals surface area (Å²) in [4.78, 5) is 59.0. The Balaban J connectivity index is 2.36. The number of carboxylic acids is 4. The molecule has 0 heterocycles. The molecule has 0 radical (unpaired) electrons. The van der Waals surface area contributed by atoms with Crippen molar-refractivity contribution in [3.05, 3.63) is 64.7 Å². The quantitative estimate of drug-likeness (QED) is 0.189. The number of carbonyl (C=O) groups is 5. The van der Waals surface area contributed by atoms with E-state index < -0.39 is 66.0 Å². The molecule has 0 aliphatic carbocycles. The van der Waals surface area contributed by atoms with Crippen LogP contribution in [0.1, 0.15) is 27.0 Å². The number of aliphatic carboxylic acids is 4. The first-order chi connectivity index (χ1) is 18.6. The maximum Gasteiger partial charge on any atom is 0.251 e. The molecular weight excluding hydrogens is 552 g/mol. The first-order valence-corrected chi connectivity index (χ1v) is 12.9. The smallest absolute Gasteiger partial charge is 0.251 e. The number of benzene rings is 2. The molecule has 0 aliphatic heterocycles. The average Bonchev–Trinajstić information content (AvgIpc) is 2.80. The van der Waals surface area contributed by atoms with Gasteiger partial charge >= 0.3 is 0 Å². The van der Waals surface area contributed by atoms with E-state index in [0.29, 0.717) is 5.56 Å². The molecule has 15 nitrogen and oxygen atoms in total. The molecule has 1 amide bonds. The van der Waals surface area contributed by atoms with Crippen LogP contribution in [0.15, 0.2) is 47.4 Å². The standard InChI is InChI=1S/C24H28N4O11S/c25-40(38,39)19-3-1-15(2-4-19)8-26-24(37)18-6-16(9-27(11-20(29)30)12-21(31)32)5-17(7-18)10-28(13-22(33)34)14-23(35)36/h1-7H,8-14H2,(H,26,37)(H,29,30)(H,31,32)(H,33,34)(H,35,36)(H2,25,38,39)/p-4. The van der Waals surface area contributed by atoms with Crippen LogP contribution in [0.2, 0.25) is 0 Å². The maximum absolute atomic E-state index is 13.0. The van der Waals surface area contributed by atoms with Crippen molar-refractivity contribution in [1.29, 1.82) is 0 Å². The lowest BCUT2D eigenvalue weighted by molar-refractivity contribution is -0.313. The molecule has 0 aliphatic rings. The first-order valence-electron chi connectivity index (χ1n) is 11.4. The molecule has 40 heavy (non-hydrogen) atoms. The van der Waals surface area contributed by atoms with Gasteiger partial charge in [0.25, 0.3) is 5.91 Å². The summed E-state index contributed by atoms with van der Waals surface area (Å²) in [6.45, 7) is -3.78. The Bertz CT molecular complexity index is 1290. The summed E-state index contributed by atoms with van der Waals surface area (Å²) in [7, 11) is -3.91. The van der Waals surface area contributed by atoms with Crippen molar-refractivity contribution in [2.75, 3.05) is 26.2 Å². The highest BCUT2D eigenvalue weighted by Crippen LogP contribution is 2.16. The van der Waals surface area contributed by atoms with Gasteiger partial charge in [-0.05, 0) is 41.0 Å². The third-order valence-corrected chi connectivity index (χ3v) is 6.17. The summed E-state index contributed by atoms with van der Waals surface area (Å²) < 4.78 is 22.8. The van der Waals surface area contributed by atoms with Gasteiger partial charge in [-0.15, -0.1) is 0 Å². The van der Waals surface area contributed by atoms with E-state index in [1.807, 2.05) is 0 Å². The van der Waals surface area contributed by atoms with Gasteiger partial charge in [-0.25, -0.2) is 13.6 Å². The normalized spacial score (nSPS) is 11.4. The summed E-state index contributed by atoms with van der Waals surface area (Å²) in [5.74, 6) is -6.94. The minimum atomic E-state index is -3.91. The second kappa shape index (κ2) is 14.1. The second-order valence-corrected chi connectivity index (χ2v) is 10.2. The molecule has 0 fully saturated rings. The van der Waals surface area contributed by atoms with E-state index in [9.17, 15) is 52.8 Å². The molecule has 216 valence electrons. The lowest BCUT2D eigenvalue weighted by Gasteiger charge is -2.25. The molecule has 3 N–H and O–H groups in total. The number of carbonyl (C=O) groups excluding carboxylic acids is 5. The van der Waals surface area contributed by atoms with Gasteiger partial charge in [-0.2, -0.15) is 0 Å². The number of rotatable bonds is 16. The van der Waals surface area contributed by atoms with Crippen LogP contribution in [-0.4, -0.2) is 74.2 Å². The lowest BCUT2D eigenvalue weighted by Crippen LogP contribution is -2.44. The van der Waals surface area contributed by atoms with Crippen LogP contribution in [0.4, 0.5) is 0 Å². The van der Waals surface area contributed by atoms with Crippen LogP contribution in [0.25, 0.3) is 0 Å². The van der Waals surface area contributed by atoms with Crippen molar-refractivity contribution in [2.45, 2.75) is 24.5 Å². The Hall–Kier alpha value is -4.38. The van der Waals surface area contributed by atoms with Gasteiger partial charge in [0.05, 0.1) is 28.8 Å². The summed E-state index contributed by atoms with van der Waals surface area (Å²) in [6.07, 6.45) is 0. The van der Waals surface area contributed by atoms with Gasteiger partial charge in [-0.1, -0.05) is 18.2 Å². The zero-order valence-corrected chi connectivity index (χ0v) is 21.7.